The van der Waals surface area contributed by atoms with Crippen molar-refractivity contribution in [3.63, 3.8) is 0 Å². The predicted octanol–water partition coefficient (Wildman–Crippen LogP) is 6.69. The molecule has 0 spiro atoms. The van der Waals surface area contributed by atoms with Crippen LogP contribution in [0.2, 0.25) is 44.4 Å². The molecule has 0 amide bonds. The number of hydrogen-bond acceptors (Lipinski definition) is 0. The third kappa shape index (κ3) is 4.48. The molecule has 0 aromatic heterocycles. The van der Waals surface area contributed by atoms with Crippen LogP contribution in [0.25, 0.3) is 0 Å². The van der Waals surface area contributed by atoms with Gasteiger partial charge in [0.15, 0.2) is 0 Å². The average molecular weight is 646 g/mol. The fraction of sp³-hybridized carbons (Fsp3) is 0.636. The molecule has 2 aliphatic rings. The second-order valence-corrected chi connectivity index (χ2v) is 219. The van der Waals surface area contributed by atoms with Crippen molar-refractivity contribution in [2.24, 2.45) is 5.92 Å². The van der Waals surface area contributed by atoms with Gasteiger partial charge in [-0.3, -0.25) is 0 Å². The Balaban J connectivity index is 0.00000364. The van der Waals surface area contributed by atoms with Crippen LogP contribution in [-0.4, -0.2) is 22.9 Å². The van der Waals surface area contributed by atoms with Crippen LogP contribution >= 0.6 is 24.8 Å². The molecule has 2 aliphatic carbocycles. The number of hydrogen-bond donors (Lipinski definition) is 0. The van der Waals surface area contributed by atoms with E-state index in [1.807, 2.05) is 6.66 Å². The van der Waals surface area contributed by atoms with Crippen molar-refractivity contribution in [3.8, 4) is 0 Å². The van der Waals surface area contributed by atoms with Gasteiger partial charge >= 0.3 is 161 Å². The molecule has 0 saturated heterocycles. The van der Waals surface area contributed by atoms with E-state index >= 15 is 0 Å². The summed E-state index contributed by atoms with van der Waals surface area (Å²) in [5.74, 6) is 0.615. The minimum Gasteiger partial charge on any atom is -0.147 e. The van der Waals surface area contributed by atoms with E-state index in [0.29, 0.717) is 5.92 Å². The van der Waals surface area contributed by atoms with E-state index in [1.165, 1.54) is 27.3 Å². The third-order valence-electron chi connectivity index (χ3n) is 8.10. The van der Waals surface area contributed by atoms with Crippen molar-refractivity contribution in [2.45, 2.75) is 78.5 Å². The van der Waals surface area contributed by atoms with Gasteiger partial charge in [-0.15, -0.1) is 24.8 Å². The second kappa shape index (κ2) is 5.70. The van der Waals surface area contributed by atoms with Crippen molar-refractivity contribution in [1.29, 1.82) is 0 Å². The zero-order valence-corrected chi connectivity index (χ0v) is 31.2. The summed E-state index contributed by atoms with van der Waals surface area (Å²) in [6, 6.07) is 1.35. The van der Waals surface area contributed by atoms with Crippen molar-refractivity contribution < 1.29 is 12.4 Å². The van der Waals surface area contributed by atoms with Crippen LogP contribution in [0, 0.1) is 5.92 Å². The summed E-state index contributed by atoms with van der Waals surface area (Å²) in [7, 11) is 1.42. The first-order chi connectivity index (χ1) is 10.9. The monoisotopic (exact) mass is 646 g/mol. The Bertz CT molecular complexity index is 868. The van der Waals surface area contributed by atoms with Crippen LogP contribution in [0.1, 0.15) is 34.1 Å². The Labute approximate surface area is 184 Å². The molecule has 28 heavy (non-hydrogen) atoms. The van der Waals surface area contributed by atoms with E-state index in [4.69, 9.17) is 0 Å². The Kier molecular flexibility index (Phi) is 5.91. The maximum Gasteiger partial charge on any atom is -0.147 e. The molecule has 0 aliphatic heterocycles. The van der Waals surface area contributed by atoms with Crippen LogP contribution < -0.4 is 0 Å². The predicted molar refractivity (Wildman–Crippen MR) is 147 cm³/mol. The fourth-order valence-electron chi connectivity index (χ4n) is 7.15. The van der Waals surface area contributed by atoms with Crippen LogP contribution in [0.15, 0.2) is 41.1 Å². The molecule has 0 nitrogen and oxygen atoms in total. The minimum atomic E-state index is -4.66. The van der Waals surface area contributed by atoms with Crippen LogP contribution in [0.3, 0.4) is 0 Å². The molecule has 6 heteroatoms. The molecule has 0 radical (unpaired) electrons. The first-order valence-electron chi connectivity index (χ1n) is 10.7. The zero-order valence-electron chi connectivity index (χ0n) is 21.0. The van der Waals surface area contributed by atoms with Gasteiger partial charge in [0.05, 0.1) is 0 Å². The Morgan fingerprint density at radius 3 is 1.79 bits per heavy atom. The molecule has 0 heterocycles. The maximum absolute atomic E-state index is 4.66. The molecule has 0 bridgehead atoms. The van der Waals surface area contributed by atoms with E-state index in [2.05, 4.69) is 78.2 Å². The van der Waals surface area contributed by atoms with E-state index in [0.717, 1.165) is 0 Å². The molecule has 2 rings (SSSR count). The molecular weight excluding hydrogens is 598 g/mol. The smallest absolute Gasteiger partial charge is 0.147 e. The third-order valence-corrected chi connectivity index (χ3v) is 59.7. The van der Waals surface area contributed by atoms with Crippen LogP contribution in [0.5, 0.6) is 0 Å². The maximum atomic E-state index is 2.85. The average Bonchev–Trinajstić information content (AvgIpc) is 2.88. The van der Waals surface area contributed by atoms with Gasteiger partial charge in [0, 0.05) is 0 Å². The van der Waals surface area contributed by atoms with Crippen molar-refractivity contribution in [2.75, 3.05) is 0 Å². The summed E-state index contributed by atoms with van der Waals surface area (Å²) in [6.07, 6.45) is 6.23. The van der Waals surface area contributed by atoms with Gasteiger partial charge in [-0.25, -0.2) is 0 Å². The first kappa shape index (κ1) is 29.1. The molecule has 0 saturated carbocycles. The van der Waals surface area contributed by atoms with Gasteiger partial charge in [0.1, 0.15) is 0 Å². The van der Waals surface area contributed by atoms with E-state index in [-0.39, 0.29) is 24.8 Å². The quantitative estimate of drug-likeness (QED) is 0.299. The summed E-state index contributed by atoms with van der Waals surface area (Å²) in [5.41, 5.74) is 6.60. The normalized spacial score (nSPS) is 26.5. The van der Waals surface area contributed by atoms with E-state index in [9.17, 15) is 0 Å². The summed E-state index contributed by atoms with van der Waals surface area (Å²) >= 11 is -4.66. The van der Waals surface area contributed by atoms with Gasteiger partial charge in [-0.1, -0.05) is 0 Å². The van der Waals surface area contributed by atoms with Crippen molar-refractivity contribution in [1.82, 2.24) is 0 Å². The van der Waals surface area contributed by atoms with Gasteiger partial charge in [0.2, 0.25) is 0 Å². The first-order valence-corrected chi connectivity index (χ1v) is 56.0. The largest absolute Gasteiger partial charge is 0.147 e. The topological polar surface area (TPSA) is 0 Å². The van der Waals surface area contributed by atoms with Gasteiger partial charge in [-0.05, 0) is 0 Å². The summed E-state index contributed by atoms with van der Waals surface area (Å²) in [4.78, 5) is 0. The molecule has 0 N–H and O–H groups in total. The van der Waals surface area contributed by atoms with Crippen molar-refractivity contribution >= 4 is 47.7 Å². The minimum absolute atomic E-state index is 0. The van der Waals surface area contributed by atoms with E-state index in [1.54, 1.807) is 22.3 Å². The molecule has 0 aromatic rings. The van der Waals surface area contributed by atoms with Gasteiger partial charge in [-0.2, -0.15) is 0 Å². The summed E-state index contributed by atoms with van der Waals surface area (Å²) in [6.45, 7) is 17.3. The Morgan fingerprint density at radius 2 is 1.43 bits per heavy atom. The number of allylic oxidation sites excluding steroid dienone is 8. The molecular formula is C22H48Cl2HfSi3. The summed E-state index contributed by atoms with van der Waals surface area (Å²) < 4.78 is 15.2. The Hall–Kier alpha value is 1.06. The second-order valence-electron chi connectivity index (χ2n) is 18.0. The van der Waals surface area contributed by atoms with Crippen LogP contribution in [0.4, 0.5) is 0 Å². The van der Waals surface area contributed by atoms with Crippen molar-refractivity contribution in [3.05, 3.63) is 41.1 Å². The van der Waals surface area contributed by atoms with Gasteiger partial charge in [0.25, 0.3) is 0 Å². The number of rotatable bonds is 4. The van der Waals surface area contributed by atoms with Gasteiger partial charge < -0.3 is 0 Å². The zero-order chi connectivity index (χ0) is 20.7. The van der Waals surface area contributed by atoms with Crippen LogP contribution in [-0.2, 0) is 12.4 Å². The molecule has 1 unspecified atom stereocenters. The molecule has 0 fully saturated rings. The fourth-order valence-corrected chi connectivity index (χ4v) is 65.9. The summed E-state index contributed by atoms with van der Waals surface area (Å²) in [5, 5.41) is 0. The molecule has 1 atom stereocenters. The Morgan fingerprint density at radius 1 is 0.964 bits per heavy atom. The molecule has 166 valence electrons. The molecule has 0 aromatic carbocycles. The standard InChI is InChI=1S/C9H15Si.C9H13.4CH3.2ClH.Hf.2H3Si/c1-10(2,3)8-9-6-4-5-7-9;1-6-5-7(2)9(4)8(6)3;;;;;;;;;/h4,6H,5,8H2,1-3H3;6H,1-4H3;4*1H3;2*1H;;2*1H3. The SMILES string of the molecule is CC1=C(C)C(C)[C]([Hf]([CH3])([CH3])([CH3])([CH3])([SiH3])([SiH3])[C]2=C(C[Si](C)(C)C)C=CC2)=C1C.Cl.Cl. The van der Waals surface area contributed by atoms with E-state index < -0.39 is 20.5 Å². The number of halogens is 2.